The van der Waals surface area contributed by atoms with Gasteiger partial charge in [0.25, 0.3) is 0 Å². The maximum atomic E-state index is 13.3. The van der Waals surface area contributed by atoms with E-state index in [0.717, 1.165) is 11.1 Å². The number of Topliss-reactive ketones (excluding diaryl/α,β-unsaturated/α-hetero) is 1. The fourth-order valence-electron chi connectivity index (χ4n) is 3.91. The van der Waals surface area contributed by atoms with Crippen molar-refractivity contribution in [2.45, 2.75) is 25.0 Å². The molecule has 1 saturated heterocycles. The van der Waals surface area contributed by atoms with Crippen LogP contribution in [0.2, 0.25) is 0 Å². The molecule has 4 nitrogen and oxygen atoms in total. The lowest BCUT2D eigenvalue weighted by atomic mass is 9.98. The van der Waals surface area contributed by atoms with Crippen molar-refractivity contribution in [2.24, 2.45) is 0 Å². The van der Waals surface area contributed by atoms with E-state index in [2.05, 4.69) is 0 Å². The molecule has 4 heteroatoms. The van der Waals surface area contributed by atoms with Crippen molar-refractivity contribution in [2.75, 3.05) is 6.61 Å². The number of hydrogen-bond acceptors (Lipinski definition) is 4. The van der Waals surface area contributed by atoms with Crippen molar-refractivity contribution in [1.82, 2.24) is 4.90 Å². The highest BCUT2D eigenvalue weighted by Gasteiger charge is 2.61. The number of carbonyl (C=O) groups excluding carboxylic acids is 2. The molecule has 0 saturated carbocycles. The third-order valence-corrected chi connectivity index (χ3v) is 5.24. The molecule has 0 N–H and O–H groups in total. The number of ether oxygens (including phenoxy) is 1. The fourth-order valence-corrected chi connectivity index (χ4v) is 3.91. The lowest BCUT2D eigenvalue weighted by molar-refractivity contribution is -0.143. The van der Waals surface area contributed by atoms with Crippen LogP contribution in [-0.4, -0.2) is 35.3 Å². The van der Waals surface area contributed by atoms with Crippen LogP contribution in [-0.2, 0) is 9.53 Å². The van der Waals surface area contributed by atoms with Crippen molar-refractivity contribution in [3.05, 3.63) is 108 Å². The van der Waals surface area contributed by atoms with E-state index in [1.807, 2.05) is 83.8 Å². The van der Waals surface area contributed by atoms with Gasteiger partial charge in [-0.25, -0.2) is 0 Å². The van der Waals surface area contributed by atoms with Gasteiger partial charge in [-0.05, 0) is 18.1 Å². The quantitative estimate of drug-likeness (QED) is 0.346. The van der Waals surface area contributed by atoms with Gasteiger partial charge in [0.1, 0.15) is 12.1 Å². The Balaban J connectivity index is 1.75. The van der Waals surface area contributed by atoms with Crippen LogP contribution in [0.25, 0.3) is 0 Å². The number of esters is 1. The molecule has 3 aromatic rings. The van der Waals surface area contributed by atoms with Gasteiger partial charge in [-0.3, -0.25) is 14.5 Å². The predicted molar refractivity (Wildman–Crippen MR) is 112 cm³/mol. The van der Waals surface area contributed by atoms with Gasteiger partial charge in [-0.1, -0.05) is 91.0 Å². The van der Waals surface area contributed by atoms with E-state index in [4.69, 9.17) is 4.74 Å². The monoisotopic (exact) mass is 385 g/mol. The second-order valence-electron chi connectivity index (χ2n) is 7.04. The Morgan fingerprint density at radius 3 is 1.76 bits per heavy atom. The van der Waals surface area contributed by atoms with Gasteiger partial charge >= 0.3 is 5.97 Å². The Morgan fingerprint density at radius 1 is 0.793 bits per heavy atom. The van der Waals surface area contributed by atoms with E-state index >= 15 is 0 Å². The van der Waals surface area contributed by atoms with Crippen LogP contribution in [0.1, 0.15) is 34.5 Å². The maximum absolute atomic E-state index is 13.3. The van der Waals surface area contributed by atoms with Gasteiger partial charge in [0.05, 0.1) is 12.6 Å². The lowest BCUT2D eigenvalue weighted by Gasteiger charge is -2.21. The molecule has 0 aliphatic carbocycles. The first-order valence-electron chi connectivity index (χ1n) is 9.85. The Hall–Kier alpha value is -3.24. The highest BCUT2D eigenvalue weighted by atomic mass is 16.5. The first-order valence-corrected chi connectivity index (χ1v) is 9.85. The van der Waals surface area contributed by atoms with E-state index in [1.54, 1.807) is 19.1 Å². The van der Waals surface area contributed by atoms with Crippen molar-refractivity contribution in [3.8, 4) is 0 Å². The predicted octanol–water partition coefficient (Wildman–Crippen LogP) is 4.27. The SMILES string of the molecule is CCOC(=O)[C@H]1[C@@H](C(=O)c2ccccc2)N1C(c1ccccc1)c1ccccc1. The van der Waals surface area contributed by atoms with E-state index in [0.29, 0.717) is 5.56 Å². The second kappa shape index (κ2) is 8.41. The third-order valence-electron chi connectivity index (χ3n) is 5.24. The topological polar surface area (TPSA) is 46.4 Å². The Bertz CT molecular complexity index is 933. The van der Waals surface area contributed by atoms with Gasteiger partial charge < -0.3 is 4.74 Å². The smallest absolute Gasteiger partial charge is 0.325 e. The Labute approximate surface area is 170 Å². The molecule has 0 spiro atoms. The number of benzene rings is 3. The fraction of sp³-hybridized carbons (Fsp3) is 0.200. The zero-order chi connectivity index (χ0) is 20.2. The summed E-state index contributed by atoms with van der Waals surface area (Å²) in [6.07, 6.45) is 0. The first-order chi connectivity index (χ1) is 14.2. The summed E-state index contributed by atoms with van der Waals surface area (Å²) in [6, 6.07) is 27.7. The normalized spacial score (nSPS) is 20.3. The van der Waals surface area contributed by atoms with Crippen molar-refractivity contribution >= 4 is 11.8 Å². The van der Waals surface area contributed by atoms with E-state index < -0.39 is 12.1 Å². The summed E-state index contributed by atoms with van der Waals surface area (Å²) in [5, 5.41) is 0. The molecule has 0 radical (unpaired) electrons. The molecule has 0 bridgehead atoms. The summed E-state index contributed by atoms with van der Waals surface area (Å²) in [5.41, 5.74) is 2.68. The third kappa shape index (κ3) is 3.84. The minimum absolute atomic E-state index is 0.0551. The number of nitrogens with zero attached hydrogens (tertiary/aromatic N) is 1. The highest BCUT2D eigenvalue weighted by Crippen LogP contribution is 2.44. The molecule has 0 amide bonds. The zero-order valence-corrected chi connectivity index (χ0v) is 16.3. The summed E-state index contributed by atoms with van der Waals surface area (Å²) >= 11 is 0. The van der Waals surface area contributed by atoms with Crippen molar-refractivity contribution in [3.63, 3.8) is 0 Å². The first kappa shape index (κ1) is 19.1. The maximum Gasteiger partial charge on any atom is 0.325 e. The molecule has 1 heterocycles. The van der Waals surface area contributed by atoms with E-state index in [-0.39, 0.29) is 24.4 Å². The van der Waals surface area contributed by atoms with Crippen LogP contribution in [0.15, 0.2) is 91.0 Å². The molecule has 3 atom stereocenters. The Morgan fingerprint density at radius 2 is 1.28 bits per heavy atom. The minimum Gasteiger partial charge on any atom is -0.465 e. The van der Waals surface area contributed by atoms with Gasteiger partial charge in [0, 0.05) is 5.56 Å². The number of carbonyl (C=O) groups is 2. The summed E-state index contributed by atoms with van der Waals surface area (Å²) in [4.78, 5) is 27.9. The van der Waals surface area contributed by atoms with Crippen molar-refractivity contribution < 1.29 is 14.3 Å². The van der Waals surface area contributed by atoms with Gasteiger partial charge in [-0.2, -0.15) is 0 Å². The Kier molecular flexibility index (Phi) is 5.54. The van der Waals surface area contributed by atoms with E-state index in [1.165, 1.54) is 0 Å². The molecule has 3 aromatic carbocycles. The highest BCUT2D eigenvalue weighted by molar-refractivity contribution is 6.06. The van der Waals surface area contributed by atoms with Crippen LogP contribution in [0.3, 0.4) is 0 Å². The number of hydrogen-bond donors (Lipinski definition) is 0. The molecule has 0 aromatic heterocycles. The lowest BCUT2D eigenvalue weighted by Crippen LogP contribution is -2.20. The van der Waals surface area contributed by atoms with E-state index in [9.17, 15) is 9.59 Å². The zero-order valence-electron chi connectivity index (χ0n) is 16.3. The van der Waals surface area contributed by atoms with Gasteiger partial charge in [0.15, 0.2) is 5.78 Å². The summed E-state index contributed by atoms with van der Waals surface area (Å²) < 4.78 is 5.30. The van der Waals surface area contributed by atoms with Gasteiger partial charge in [-0.15, -0.1) is 0 Å². The molecule has 29 heavy (non-hydrogen) atoms. The number of ketones is 1. The summed E-state index contributed by atoms with van der Waals surface area (Å²) in [6.45, 7) is 2.07. The number of rotatable bonds is 7. The molecule has 1 fully saturated rings. The molecular formula is C25H23NO3. The average molecular weight is 385 g/mol. The molecule has 4 rings (SSSR count). The molecule has 146 valence electrons. The van der Waals surface area contributed by atoms with Crippen LogP contribution < -0.4 is 0 Å². The minimum atomic E-state index is -0.590. The van der Waals surface area contributed by atoms with Crippen LogP contribution in [0.4, 0.5) is 0 Å². The summed E-state index contributed by atoms with van der Waals surface area (Å²) in [7, 11) is 0. The van der Waals surface area contributed by atoms with Crippen LogP contribution in [0.5, 0.6) is 0 Å². The standard InChI is InChI=1S/C25H23NO3/c1-2-29-25(28)23-22(24(27)20-16-10-5-11-17-20)26(23)21(18-12-6-3-7-13-18)19-14-8-4-9-15-19/h3-17,21-23H,2H2,1H3/t22-,23+,26?/m0/s1. The largest absolute Gasteiger partial charge is 0.465 e. The molecule has 1 aliphatic heterocycles. The molecule has 1 unspecified atom stereocenters. The molecular weight excluding hydrogens is 362 g/mol. The molecule has 1 aliphatic rings. The average Bonchev–Trinajstić information content (AvgIpc) is 3.51. The summed E-state index contributed by atoms with van der Waals surface area (Å²) in [5.74, 6) is -0.404. The van der Waals surface area contributed by atoms with Crippen LogP contribution in [0, 0.1) is 0 Å². The van der Waals surface area contributed by atoms with Crippen LogP contribution >= 0.6 is 0 Å². The van der Waals surface area contributed by atoms with Gasteiger partial charge in [0.2, 0.25) is 0 Å². The second-order valence-corrected chi connectivity index (χ2v) is 7.04. The van der Waals surface area contributed by atoms with Crippen molar-refractivity contribution in [1.29, 1.82) is 0 Å².